The smallest absolute Gasteiger partial charge is 0.205 e. The molecule has 0 bridgehead atoms. The van der Waals surface area contributed by atoms with E-state index in [0.717, 1.165) is 47.0 Å². The van der Waals surface area contributed by atoms with Gasteiger partial charge in [-0.15, -0.1) is 11.3 Å². The Kier molecular flexibility index (Phi) is 21.7. The highest BCUT2D eigenvalue weighted by Gasteiger charge is 2.14. The fourth-order valence-corrected chi connectivity index (χ4v) is 4.07. The Balaban J connectivity index is 0. The second-order valence-electron chi connectivity index (χ2n) is 7.09. The van der Waals surface area contributed by atoms with Crippen molar-refractivity contribution in [2.75, 3.05) is 18.0 Å². The Morgan fingerprint density at radius 3 is 2.26 bits per heavy atom. The number of piperidine rings is 1. The van der Waals surface area contributed by atoms with Crippen LogP contribution in [0.2, 0.25) is 0 Å². The fraction of sp³-hybridized carbons (Fsp3) is 0.536. The van der Waals surface area contributed by atoms with Crippen molar-refractivity contribution in [3.05, 3.63) is 58.4 Å². The molecule has 1 N–H and O–H groups in total. The quantitative estimate of drug-likeness (QED) is 0.242. The van der Waals surface area contributed by atoms with Crippen LogP contribution in [0.25, 0.3) is 0 Å². The Bertz CT molecular complexity index is 877. The topological polar surface area (TPSA) is 62.0 Å². The highest BCUT2D eigenvalue weighted by molar-refractivity contribution is 7.13. The molecule has 0 atom stereocenters. The van der Waals surface area contributed by atoms with Gasteiger partial charge >= 0.3 is 0 Å². The van der Waals surface area contributed by atoms with Crippen molar-refractivity contribution < 1.29 is 9.18 Å². The van der Waals surface area contributed by atoms with Crippen molar-refractivity contribution >= 4 is 28.7 Å². The molecule has 1 saturated heterocycles. The molecule has 0 saturated carbocycles. The summed E-state index contributed by atoms with van der Waals surface area (Å²) in [6.45, 7) is 20.5. The highest BCUT2D eigenvalue weighted by atomic mass is 32.1. The molecule has 5 nitrogen and oxygen atoms in total. The van der Waals surface area contributed by atoms with Gasteiger partial charge in [-0.25, -0.2) is 4.98 Å². The lowest BCUT2D eigenvalue weighted by Gasteiger charge is -2.25. The lowest BCUT2D eigenvalue weighted by Crippen LogP contribution is -2.29. The molecule has 0 spiro atoms. The number of hydrogen-bond acceptors (Lipinski definition) is 5. The number of nitrogens with zero attached hydrogens (tertiary/aromatic N) is 3. The van der Waals surface area contributed by atoms with Crippen LogP contribution in [-0.2, 0) is 6.54 Å². The predicted octanol–water partition coefficient (Wildman–Crippen LogP) is 8.64. The van der Waals surface area contributed by atoms with Crippen LogP contribution in [0.3, 0.4) is 0 Å². The molecule has 0 unspecified atom stereocenters. The summed E-state index contributed by atoms with van der Waals surface area (Å²) in [5.41, 5.74) is 3.62. The molecule has 198 valence electrons. The normalized spacial score (nSPS) is 12.6. The number of carbonyl (C=O) groups excluding carboxylic acids is 1. The van der Waals surface area contributed by atoms with Gasteiger partial charge in [0.25, 0.3) is 0 Å². The van der Waals surface area contributed by atoms with E-state index in [1.807, 2.05) is 72.2 Å². The number of hydrogen-bond donors (Lipinski definition) is 1. The third-order valence-electron chi connectivity index (χ3n) is 4.47. The van der Waals surface area contributed by atoms with E-state index in [0.29, 0.717) is 6.54 Å². The number of carbonyl (C=O) groups is 1. The number of allylic oxidation sites excluding steroid dienone is 4. The zero-order valence-corrected chi connectivity index (χ0v) is 24.1. The summed E-state index contributed by atoms with van der Waals surface area (Å²) >= 11 is 1.71. The first-order chi connectivity index (χ1) is 16.9. The minimum Gasteiger partial charge on any atom is -0.348 e. The summed E-state index contributed by atoms with van der Waals surface area (Å²) in [7, 11) is 0. The van der Waals surface area contributed by atoms with Crippen LogP contribution >= 0.6 is 11.3 Å². The third-order valence-corrected chi connectivity index (χ3v) is 5.42. The second kappa shape index (κ2) is 22.0. The van der Waals surface area contributed by atoms with E-state index in [4.69, 9.17) is 10.4 Å². The first-order valence-corrected chi connectivity index (χ1v) is 13.7. The maximum absolute atomic E-state index is 11.7. The van der Waals surface area contributed by atoms with Crippen LogP contribution in [0.1, 0.15) is 96.4 Å². The van der Waals surface area contributed by atoms with Crippen molar-refractivity contribution in [2.24, 2.45) is 0 Å². The molecule has 3 heterocycles. The minimum atomic E-state index is -0.898. The molecule has 1 aliphatic rings. The van der Waals surface area contributed by atoms with E-state index in [1.54, 1.807) is 30.4 Å². The summed E-state index contributed by atoms with van der Waals surface area (Å²) in [5, 5.41) is 9.65. The van der Waals surface area contributed by atoms with Crippen molar-refractivity contribution in [1.82, 2.24) is 9.55 Å². The van der Waals surface area contributed by atoms with Crippen LogP contribution in [0.5, 0.6) is 0 Å². The molecule has 2 aromatic rings. The molecule has 0 radical (unpaired) electrons. The lowest BCUT2D eigenvalue weighted by atomic mass is 10.1. The second-order valence-corrected chi connectivity index (χ2v) is 7.93. The summed E-state index contributed by atoms with van der Waals surface area (Å²) in [6.07, 6.45) is 11.5. The van der Waals surface area contributed by atoms with E-state index in [2.05, 4.69) is 10.3 Å². The summed E-state index contributed by atoms with van der Waals surface area (Å²) in [5.74, 6) is -0.898. The predicted molar refractivity (Wildman–Crippen MR) is 153 cm³/mol. The first kappa shape index (κ1) is 34.6. The van der Waals surface area contributed by atoms with E-state index >= 15 is 0 Å². The highest BCUT2D eigenvalue weighted by Crippen LogP contribution is 2.24. The van der Waals surface area contributed by atoms with Crippen molar-refractivity contribution in [3.8, 4) is 0 Å². The molecular weight excluding hydrogens is 459 g/mol. The van der Waals surface area contributed by atoms with Gasteiger partial charge in [0.1, 0.15) is 0 Å². The average molecular weight is 507 g/mol. The summed E-state index contributed by atoms with van der Waals surface area (Å²) in [6, 6.07) is 1.91. The summed E-state index contributed by atoms with van der Waals surface area (Å²) < 4.78 is 13.7. The van der Waals surface area contributed by atoms with Crippen LogP contribution in [0, 0.1) is 12.3 Å². The van der Waals surface area contributed by atoms with Crippen LogP contribution in [-0.4, -0.2) is 34.9 Å². The molecule has 1 aliphatic heterocycles. The van der Waals surface area contributed by atoms with Gasteiger partial charge in [0.15, 0.2) is 11.4 Å². The monoisotopic (exact) mass is 506 g/mol. The molecule has 2 aromatic heterocycles. The number of halogens is 1. The Morgan fingerprint density at radius 2 is 1.74 bits per heavy atom. The Morgan fingerprint density at radius 1 is 1.14 bits per heavy atom. The SMILES string of the molecule is C/C=C\C(C)=C/C(=N)F.CC.CC.CC.Cc1cc(C=O)n(Cc2csc(N3CCCCC3)n2)c1. The molecule has 3 rings (SSSR count). The Labute approximate surface area is 217 Å². The number of nitrogens with one attached hydrogen (secondary N) is 1. The van der Waals surface area contributed by atoms with Gasteiger partial charge in [-0.2, -0.15) is 4.39 Å². The van der Waals surface area contributed by atoms with Gasteiger partial charge < -0.3 is 9.47 Å². The number of anilines is 1. The van der Waals surface area contributed by atoms with Gasteiger partial charge in [0, 0.05) is 24.7 Å². The number of aldehydes is 1. The number of aryl methyl sites for hydroxylation is 1. The molecule has 7 heteroatoms. The minimum absolute atomic E-state index is 0.673. The van der Waals surface area contributed by atoms with Crippen LogP contribution in [0.15, 0.2) is 41.4 Å². The zero-order valence-electron chi connectivity index (χ0n) is 23.3. The largest absolute Gasteiger partial charge is 0.348 e. The molecule has 0 amide bonds. The average Bonchev–Trinajstić information content (AvgIpc) is 3.49. The van der Waals surface area contributed by atoms with E-state index in [1.165, 1.54) is 25.3 Å². The maximum Gasteiger partial charge on any atom is 0.205 e. The van der Waals surface area contributed by atoms with E-state index in [9.17, 15) is 9.18 Å². The standard InChI is InChI=1S/C15H19N3OS.C7H10FN.3C2H6/c1-12-7-14(10-19)18(8-12)9-13-11-20-15(16-13)17-5-3-2-4-6-17;1-3-4-6(2)5-7(8)9;3*1-2/h7-8,10-11H,2-6,9H2,1H3;3-5,9H,1-2H3;3*1-2H3/b;4-3-,6-5-,9-7?;;;. The van der Waals surface area contributed by atoms with Crippen LogP contribution < -0.4 is 4.90 Å². The number of rotatable bonds is 6. The van der Waals surface area contributed by atoms with Gasteiger partial charge in [-0.05, 0) is 63.3 Å². The first-order valence-electron chi connectivity index (χ1n) is 12.8. The molecule has 35 heavy (non-hydrogen) atoms. The molecule has 1 fully saturated rings. The van der Waals surface area contributed by atoms with Crippen molar-refractivity contribution in [1.29, 1.82) is 5.41 Å². The number of aromatic nitrogens is 2. The zero-order chi connectivity index (χ0) is 27.2. The molecular formula is C28H47FN4OS. The van der Waals surface area contributed by atoms with Gasteiger partial charge in [0.2, 0.25) is 5.97 Å². The van der Waals surface area contributed by atoms with Crippen molar-refractivity contribution in [3.63, 3.8) is 0 Å². The van der Waals surface area contributed by atoms with Gasteiger partial charge in [-0.1, -0.05) is 53.7 Å². The maximum atomic E-state index is 11.7. The van der Waals surface area contributed by atoms with E-state index < -0.39 is 5.97 Å². The number of thiazole rings is 1. The van der Waals surface area contributed by atoms with Crippen LogP contribution in [0.4, 0.5) is 9.52 Å². The fourth-order valence-electron chi connectivity index (χ4n) is 3.20. The lowest BCUT2D eigenvalue weighted by molar-refractivity contribution is 0.111. The van der Waals surface area contributed by atoms with E-state index in [-0.39, 0.29) is 0 Å². The Hall–Kier alpha value is -2.54. The third kappa shape index (κ3) is 14.5. The van der Waals surface area contributed by atoms with Gasteiger partial charge in [0.05, 0.1) is 17.9 Å². The summed E-state index contributed by atoms with van der Waals surface area (Å²) in [4.78, 5) is 18.1. The van der Waals surface area contributed by atoms with Crippen molar-refractivity contribution in [2.45, 2.75) is 88.1 Å². The molecule has 0 aromatic carbocycles. The van der Waals surface area contributed by atoms with Gasteiger partial charge in [-0.3, -0.25) is 10.2 Å². The molecule has 0 aliphatic carbocycles.